The van der Waals surface area contributed by atoms with Crippen molar-refractivity contribution in [2.75, 3.05) is 7.05 Å². The predicted molar refractivity (Wildman–Crippen MR) is 56.6 cm³/mol. The molecule has 0 aromatic rings. The van der Waals surface area contributed by atoms with Crippen molar-refractivity contribution in [1.29, 1.82) is 0 Å². The summed E-state index contributed by atoms with van der Waals surface area (Å²) >= 11 is 0. The van der Waals surface area contributed by atoms with Gasteiger partial charge in [-0.15, -0.1) is 0 Å². The minimum Gasteiger partial charge on any atom is -0.340 e. The molecule has 0 unspecified atom stereocenters. The molecule has 0 N–H and O–H groups in total. The van der Waals surface area contributed by atoms with Gasteiger partial charge < -0.3 is 4.90 Å². The lowest BCUT2D eigenvalue weighted by molar-refractivity contribution is -0.138. The van der Waals surface area contributed by atoms with Crippen molar-refractivity contribution in [3.8, 4) is 0 Å². The number of amides is 1. The Bertz CT molecular complexity index is 173. The van der Waals surface area contributed by atoms with Crippen LogP contribution in [0.15, 0.2) is 0 Å². The fourth-order valence-electron chi connectivity index (χ4n) is 1.47. The van der Waals surface area contributed by atoms with Gasteiger partial charge in [0.25, 0.3) is 0 Å². The Balaban J connectivity index is 4.39. The smallest absolute Gasteiger partial charge is 0.225 e. The number of carbonyl (C=O) groups excluding carboxylic acids is 1. The molecule has 0 rings (SSSR count). The van der Waals surface area contributed by atoms with E-state index in [1.165, 1.54) is 0 Å². The molecule has 2 nitrogen and oxygen atoms in total. The van der Waals surface area contributed by atoms with Crippen molar-refractivity contribution in [1.82, 2.24) is 4.90 Å². The van der Waals surface area contributed by atoms with Gasteiger partial charge in [0.15, 0.2) is 0 Å². The van der Waals surface area contributed by atoms with Gasteiger partial charge >= 0.3 is 0 Å². The Labute approximate surface area is 82.3 Å². The second kappa shape index (κ2) is 4.64. The van der Waals surface area contributed by atoms with E-state index in [1.807, 2.05) is 25.8 Å². The first-order valence-electron chi connectivity index (χ1n) is 5.10. The summed E-state index contributed by atoms with van der Waals surface area (Å²) in [6, 6.07) is 0. The van der Waals surface area contributed by atoms with Crippen LogP contribution in [0.1, 0.15) is 47.5 Å². The average Bonchev–Trinajstić information content (AvgIpc) is 2.01. The summed E-state index contributed by atoms with van der Waals surface area (Å²) in [5, 5.41) is 0. The zero-order valence-corrected chi connectivity index (χ0v) is 9.85. The largest absolute Gasteiger partial charge is 0.340 e. The maximum Gasteiger partial charge on any atom is 0.225 e. The second-order valence-corrected chi connectivity index (χ2v) is 4.61. The summed E-state index contributed by atoms with van der Waals surface area (Å²) in [6.07, 6.45) is 2.17. The summed E-state index contributed by atoms with van der Waals surface area (Å²) < 4.78 is 0. The Kier molecular flexibility index (Phi) is 4.45. The van der Waals surface area contributed by atoms with Crippen LogP contribution in [0.4, 0.5) is 0 Å². The highest BCUT2D eigenvalue weighted by atomic mass is 16.2. The topological polar surface area (TPSA) is 20.3 Å². The van der Waals surface area contributed by atoms with Crippen molar-refractivity contribution in [3.63, 3.8) is 0 Å². The molecule has 0 aliphatic heterocycles. The molecule has 0 atom stereocenters. The number of hydrogen-bond acceptors (Lipinski definition) is 1. The van der Waals surface area contributed by atoms with E-state index >= 15 is 0 Å². The van der Waals surface area contributed by atoms with Gasteiger partial charge in [-0.05, 0) is 20.3 Å². The third-order valence-electron chi connectivity index (χ3n) is 2.59. The van der Waals surface area contributed by atoms with Gasteiger partial charge in [0.2, 0.25) is 5.91 Å². The molecule has 0 aromatic heterocycles. The van der Waals surface area contributed by atoms with Crippen LogP contribution < -0.4 is 0 Å². The van der Waals surface area contributed by atoms with E-state index in [4.69, 9.17) is 0 Å². The van der Waals surface area contributed by atoms with E-state index in [9.17, 15) is 4.79 Å². The molecule has 0 spiro atoms. The average molecular weight is 185 g/mol. The van der Waals surface area contributed by atoms with Gasteiger partial charge in [0, 0.05) is 18.5 Å². The van der Waals surface area contributed by atoms with E-state index in [0.717, 1.165) is 12.8 Å². The van der Waals surface area contributed by atoms with Gasteiger partial charge in [0.05, 0.1) is 0 Å². The van der Waals surface area contributed by atoms with E-state index in [2.05, 4.69) is 20.8 Å². The minimum atomic E-state index is -0.00387. The van der Waals surface area contributed by atoms with Gasteiger partial charge in [-0.2, -0.15) is 0 Å². The number of hydrogen-bond donors (Lipinski definition) is 0. The molecule has 1 amide bonds. The lowest BCUT2D eigenvalue weighted by Crippen LogP contribution is -2.46. The van der Waals surface area contributed by atoms with Crippen LogP contribution in [0.25, 0.3) is 0 Å². The molecule has 0 aromatic carbocycles. The van der Waals surface area contributed by atoms with Crippen molar-refractivity contribution in [3.05, 3.63) is 0 Å². The molecule has 0 saturated heterocycles. The van der Waals surface area contributed by atoms with Gasteiger partial charge in [0.1, 0.15) is 0 Å². The SMILES string of the molecule is CCCC(C)(C)N(C)C(=O)C(C)C. The van der Waals surface area contributed by atoms with E-state index < -0.39 is 0 Å². The maximum absolute atomic E-state index is 11.7. The molecule has 0 fully saturated rings. The number of nitrogens with zero attached hydrogens (tertiary/aromatic N) is 1. The minimum absolute atomic E-state index is 0.00387. The Hall–Kier alpha value is -0.530. The number of rotatable bonds is 4. The van der Waals surface area contributed by atoms with Crippen LogP contribution in [-0.4, -0.2) is 23.4 Å². The third-order valence-corrected chi connectivity index (χ3v) is 2.59. The summed E-state index contributed by atoms with van der Waals surface area (Å²) in [6.45, 7) is 10.3. The highest BCUT2D eigenvalue weighted by Gasteiger charge is 2.27. The monoisotopic (exact) mass is 185 g/mol. The molecule has 0 saturated carbocycles. The molecule has 13 heavy (non-hydrogen) atoms. The maximum atomic E-state index is 11.7. The molecule has 0 heterocycles. The van der Waals surface area contributed by atoms with Crippen LogP contribution in [0.3, 0.4) is 0 Å². The molecule has 2 heteroatoms. The van der Waals surface area contributed by atoms with Gasteiger partial charge in [-0.25, -0.2) is 0 Å². The zero-order valence-electron chi connectivity index (χ0n) is 9.85. The summed E-state index contributed by atoms with van der Waals surface area (Å²) in [7, 11) is 1.90. The van der Waals surface area contributed by atoms with Crippen LogP contribution in [0.5, 0.6) is 0 Å². The second-order valence-electron chi connectivity index (χ2n) is 4.61. The van der Waals surface area contributed by atoms with Gasteiger partial charge in [-0.1, -0.05) is 27.2 Å². The molecule has 0 aliphatic rings. The first kappa shape index (κ1) is 12.5. The molecular weight excluding hydrogens is 162 g/mol. The first-order chi connectivity index (χ1) is 5.83. The van der Waals surface area contributed by atoms with E-state index in [-0.39, 0.29) is 17.4 Å². The lowest BCUT2D eigenvalue weighted by atomic mass is 9.95. The van der Waals surface area contributed by atoms with Crippen LogP contribution in [0.2, 0.25) is 0 Å². The zero-order chi connectivity index (χ0) is 10.6. The fourth-order valence-corrected chi connectivity index (χ4v) is 1.47. The van der Waals surface area contributed by atoms with Crippen molar-refractivity contribution in [2.24, 2.45) is 5.92 Å². The summed E-state index contributed by atoms with van der Waals surface area (Å²) in [5.74, 6) is 0.333. The highest BCUT2D eigenvalue weighted by molar-refractivity contribution is 5.78. The molecule has 0 bridgehead atoms. The quantitative estimate of drug-likeness (QED) is 0.659. The van der Waals surface area contributed by atoms with Crippen molar-refractivity contribution < 1.29 is 4.79 Å². The molecule has 0 aliphatic carbocycles. The summed E-state index contributed by atoms with van der Waals surface area (Å²) in [4.78, 5) is 13.6. The normalized spacial score (nSPS) is 11.9. The third kappa shape index (κ3) is 3.37. The number of carbonyl (C=O) groups is 1. The molecule has 0 radical (unpaired) electrons. The lowest BCUT2D eigenvalue weighted by Gasteiger charge is -2.36. The summed E-state index contributed by atoms with van der Waals surface area (Å²) in [5.41, 5.74) is -0.00387. The van der Waals surface area contributed by atoms with Crippen molar-refractivity contribution in [2.45, 2.75) is 53.0 Å². The Morgan fingerprint density at radius 3 is 2.15 bits per heavy atom. The standard InChI is InChI=1S/C11H23NO/c1-7-8-11(4,5)12(6)10(13)9(2)3/h9H,7-8H2,1-6H3. The first-order valence-corrected chi connectivity index (χ1v) is 5.10. The van der Waals surface area contributed by atoms with Gasteiger partial charge in [-0.3, -0.25) is 4.79 Å². The van der Waals surface area contributed by atoms with Crippen LogP contribution in [0, 0.1) is 5.92 Å². The van der Waals surface area contributed by atoms with E-state index in [1.54, 1.807) is 0 Å². The van der Waals surface area contributed by atoms with Crippen LogP contribution >= 0.6 is 0 Å². The Morgan fingerprint density at radius 1 is 1.38 bits per heavy atom. The van der Waals surface area contributed by atoms with Crippen molar-refractivity contribution >= 4 is 5.91 Å². The Morgan fingerprint density at radius 2 is 1.85 bits per heavy atom. The fraction of sp³-hybridized carbons (Fsp3) is 0.909. The molecule has 78 valence electrons. The molecular formula is C11H23NO. The predicted octanol–water partition coefficient (Wildman–Crippen LogP) is 2.68. The van der Waals surface area contributed by atoms with E-state index in [0.29, 0.717) is 0 Å². The highest BCUT2D eigenvalue weighted by Crippen LogP contribution is 2.20. The van der Waals surface area contributed by atoms with Crippen LogP contribution in [-0.2, 0) is 4.79 Å².